The topological polar surface area (TPSA) is 111 Å². The van der Waals surface area contributed by atoms with Crippen LogP contribution in [0.1, 0.15) is 0 Å². The fourth-order valence-corrected chi connectivity index (χ4v) is 5.78. The molecule has 8 nitrogen and oxygen atoms in total. The lowest BCUT2D eigenvalue weighted by atomic mass is 10.1. The Morgan fingerprint density at radius 1 is 0.618 bits per heavy atom. The lowest BCUT2D eigenvalue weighted by Gasteiger charge is -2.19. The SMILES string of the molecule is O=S(=O)(Nc1ccc(S(=O)(=O)Nc2cccc3ccccc23)cc1)c1ccc2c(c1)OCCO2. The van der Waals surface area contributed by atoms with Gasteiger partial charge in [0.25, 0.3) is 20.0 Å². The van der Waals surface area contributed by atoms with E-state index in [2.05, 4.69) is 9.44 Å². The molecule has 0 fully saturated rings. The van der Waals surface area contributed by atoms with E-state index in [0.29, 0.717) is 30.4 Å². The molecule has 0 aliphatic carbocycles. The molecule has 174 valence electrons. The van der Waals surface area contributed by atoms with Gasteiger partial charge in [-0.05, 0) is 47.9 Å². The number of ether oxygens (including phenoxy) is 2. The van der Waals surface area contributed by atoms with Crippen molar-refractivity contribution in [2.45, 2.75) is 9.79 Å². The number of rotatable bonds is 6. The first-order valence-corrected chi connectivity index (χ1v) is 13.3. The molecule has 1 heterocycles. The second kappa shape index (κ2) is 8.54. The number of nitrogens with one attached hydrogen (secondary N) is 2. The van der Waals surface area contributed by atoms with E-state index >= 15 is 0 Å². The zero-order valence-electron chi connectivity index (χ0n) is 17.8. The normalized spacial score (nSPS) is 13.4. The molecule has 10 heteroatoms. The molecule has 0 saturated carbocycles. The third-order valence-electron chi connectivity index (χ3n) is 5.27. The molecule has 0 unspecified atom stereocenters. The van der Waals surface area contributed by atoms with E-state index in [9.17, 15) is 16.8 Å². The molecular weight excluding hydrogens is 476 g/mol. The van der Waals surface area contributed by atoms with Gasteiger partial charge in [-0.2, -0.15) is 0 Å². The standard InChI is InChI=1S/C24H20N2O6S2/c27-33(28,26-22-7-3-5-17-4-1-2-6-21(17)22)19-10-8-18(9-11-19)25-34(29,30)20-12-13-23-24(16-20)32-15-14-31-23/h1-13,16,25-26H,14-15H2. The molecule has 0 saturated heterocycles. The van der Waals surface area contributed by atoms with Gasteiger partial charge in [0, 0.05) is 17.1 Å². The minimum atomic E-state index is -3.92. The molecule has 4 aromatic carbocycles. The first kappa shape index (κ1) is 22.1. The highest BCUT2D eigenvalue weighted by Crippen LogP contribution is 2.33. The predicted molar refractivity (Wildman–Crippen MR) is 129 cm³/mol. The number of benzene rings is 4. The molecule has 0 amide bonds. The summed E-state index contributed by atoms with van der Waals surface area (Å²) in [4.78, 5) is 0.00813. The largest absolute Gasteiger partial charge is 0.486 e. The fraction of sp³-hybridized carbons (Fsp3) is 0.0833. The Hall–Kier alpha value is -3.76. The zero-order chi connectivity index (χ0) is 23.8. The van der Waals surface area contributed by atoms with E-state index in [1.165, 1.54) is 42.5 Å². The van der Waals surface area contributed by atoms with Gasteiger partial charge < -0.3 is 9.47 Å². The molecule has 0 atom stereocenters. The van der Waals surface area contributed by atoms with Gasteiger partial charge in [-0.3, -0.25) is 9.44 Å². The first-order chi connectivity index (χ1) is 16.3. The van der Waals surface area contributed by atoms with Gasteiger partial charge in [-0.25, -0.2) is 16.8 Å². The second-order valence-electron chi connectivity index (χ2n) is 7.57. The van der Waals surface area contributed by atoms with Gasteiger partial charge in [-0.1, -0.05) is 36.4 Å². The van der Waals surface area contributed by atoms with Crippen molar-refractivity contribution in [3.8, 4) is 11.5 Å². The van der Waals surface area contributed by atoms with Crippen molar-refractivity contribution in [3.05, 3.63) is 84.9 Å². The molecular formula is C24H20N2O6S2. The van der Waals surface area contributed by atoms with Crippen LogP contribution in [0, 0.1) is 0 Å². The van der Waals surface area contributed by atoms with Crippen LogP contribution >= 0.6 is 0 Å². The Bertz CT molecular complexity index is 1580. The van der Waals surface area contributed by atoms with Crippen molar-refractivity contribution in [1.29, 1.82) is 0 Å². The first-order valence-electron chi connectivity index (χ1n) is 10.3. The van der Waals surface area contributed by atoms with E-state index in [1.807, 2.05) is 30.3 Å². The van der Waals surface area contributed by atoms with Crippen molar-refractivity contribution < 1.29 is 26.3 Å². The van der Waals surface area contributed by atoms with Crippen molar-refractivity contribution in [3.63, 3.8) is 0 Å². The van der Waals surface area contributed by atoms with Crippen molar-refractivity contribution in [1.82, 2.24) is 0 Å². The Kier molecular flexibility index (Phi) is 5.54. The number of hydrogen-bond donors (Lipinski definition) is 2. The molecule has 34 heavy (non-hydrogen) atoms. The molecule has 0 spiro atoms. The molecule has 4 aromatic rings. The maximum atomic E-state index is 12.9. The van der Waals surface area contributed by atoms with Crippen LogP contribution in [-0.2, 0) is 20.0 Å². The summed E-state index contributed by atoms with van der Waals surface area (Å²) < 4.78 is 67.4. The second-order valence-corrected chi connectivity index (χ2v) is 10.9. The van der Waals surface area contributed by atoms with Gasteiger partial charge >= 0.3 is 0 Å². The summed E-state index contributed by atoms with van der Waals surface area (Å²) in [6.07, 6.45) is 0. The molecule has 0 aromatic heterocycles. The summed E-state index contributed by atoms with van der Waals surface area (Å²) in [6.45, 7) is 0.745. The lowest BCUT2D eigenvalue weighted by molar-refractivity contribution is 0.171. The van der Waals surface area contributed by atoms with Crippen molar-refractivity contribution in [2.75, 3.05) is 22.7 Å². The Morgan fingerprint density at radius 3 is 2.06 bits per heavy atom. The van der Waals surface area contributed by atoms with Crippen LogP contribution in [0.5, 0.6) is 11.5 Å². The Morgan fingerprint density at radius 2 is 1.26 bits per heavy atom. The van der Waals surface area contributed by atoms with E-state index in [0.717, 1.165) is 10.8 Å². The average Bonchev–Trinajstić information content (AvgIpc) is 2.84. The third kappa shape index (κ3) is 4.37. The molecule has 0 radical (unpaired) electrons. The molecule has 1 aliphatic heterocycles. The van der Waals surface area contributed by atoms with Crippen LogP contribution in [0.4, 0.5) is 11.4 Å². The zero-order valence-corrected chi connectivity index (χ0v) is 19.4. The van der Waals surface area contributed by atoms with Gasteiger partial charge in [0.05, 0.1) is 15.5 Å². The summed E-state index contributed by atoms with van der Waals surface area (Å²) in [5.41, 5.74) is 0.681. The summed E-state index contributed by atoms with van der Waals surface area (Å²) in [6, 6.07) is 22.6. The third-order valence-corrected chi connectivity index (χ3v) is 8.04. The maximum absolute atomic E-state index is 12.9. The predicted octanol–water partition coefficient (Wildman–Crippen LogP) is 4.21. The van der Waals surface area contributed by atoms with E-state index in [4.69, 9.17) is 9.47 Å². The van der Waals surface area contributed by atoms with E-state index in [-0.39, 0.29) is 15.5 Å². The lowest BCUT2D eigenvalue weighted by Crippen LogP contribution is -2.17. The van der Waals surface area contributed by atoms with Crippen molar-refractivity contribution >= 4 is 42.2 Å². The molecule has 1 aliphatic rings. The molecule has 0 bridgehead atoms. The van der Waals surface area contributed by atoms with Gasteiger partial charge in [-0.15, -0.1) is 0 Å². The fourth-order valence-electron chi connectivity index (χ4n) is 3.63. The van der Waals surface area contributed by atoms with E-state index < -0.39 is 20.0 Å². The average molecular weight is 497 g/mol. The molecule has 5 rings (SSSR count). The highest BCUT2D eigenvalue weighted by Gasteiger charge is 2.20. The van der Waals surface area contributed by atoms with Crippen LogP contribution in [0.25, 0.3) is 10.8 Å². The highest BCUT2D eigenvalue weighted by atomic mass is 32.2. The quantitative estimate of drug-likeness (QED) is 0.414. The van der Waals surface area contributed by atoms with E-state index in [1.54, 1.807) is 12.1 Å². The highest BCUT2D eigenvalue weighted by molar-refractivity contribution is 7.93. The number of hydrogen-bond acceptors (Lipinski definition) is 6. The summed E-state index contributed by atoms with van der Waals surface area (Å²) in [5.74, 6) is 0.841. The maximum Gasteiger partial charge on any atom is 0.262 e. The molecule has 2 N–H and O–H groups in total. The monoisotopic (exact) mass is 496 g/mol. The van der Waals surface area contributed by atoms with Crippen LogP contribution in [0.15, 0.2) is 94.7 Å². The summed E-state index contributed by atoms with van der Waals surface area (Å²) in [7, 11) is -7.80. The van der Waals surface area contributed by atoms with Gasteiger partial charge in [0.2, 0.25) is 0 Å². The summed E-state index contributed by atoms with van der Waals surface area (Å²) >= 11 is 0. The van der Waals surface area contributed by atoms with Crippen LogP contribution in [-0.4, -0.2) is 30.0 Å². The minimum absolute atomic E-state index is 0.00251. The number of anilines is 2. The van der Waals surface area contributed by atoms with Gasteiger partial charge in [0.15, 0.2) is 11.5 Å². The van der Waals surface area contributed by atoms with Crippen LogP contribution in [0.2, 0.25) is 0 Å². The Balaban J connectivity index is 1.36. The minimum Gasteiger partial charge on any atom is -0.486 e. The van der Waals surface area contributed by atoms with Crippen LogP contribution < -0.4 is 18.9 Å². The van der Waals surface area contributed by atoms with Crippen molar-refractivity contribution in [2.24, 2.45) is 0 Å². The Labute approximate surface area is 197 Å². The van der Waals surface area contributed by atoms with Crippen LogP contribution in [0.3, 0.4) is 0 Å². The number of fused-ring (bicyclic) bond motifs is 2. The summed E-state index contributed by atoms with van der Waals surface area (Å²) in [5, 5.41) is 1.68. The smallest absolute Gasteiger partial charge is 0.262 e. The van der Waals surface area contributed by atoms with Gasteiger partial charge in [0.1, 0.15) is 13.2 Å². The number of sulfonamides is 2.